The van der Waals surface area contributed by atoms with Gasteiger partial charge in [-0.05, 0) is 38.1 Å². The number of rotatable bonds is 6. The standard InChI is InChI=1S/C22H21N3O2/c1-15-8-6-11-18(14-15)22-25-24-21(27-22)16(2)23-20(19-12-7-13-26-19)17-9-4-3-5-10-17/h3-14,16,20,23H,1-2H3/p+1/t16-,20+/m1/s1. The Bertz CT molecular complexity index is 993. The van der Waals surface area contributed by atoms with E-state index in [0.717, 1.165) is 22.5 Å². The van der Waals surface area contributed by atoms with Crippen molar-refractivity contribution in [2.45, 2.75) is 25.9 Å². The van der Waals surface area contributed by atoms with Gasteiger partial charge in [-0.2, -0.15) is 0 Å². The van der Waals surface area contributed by atoms with Crippen LogP contribution in [0, 0.1) is 6.92 Å². The number of nitrogens with two attached hydrogens (primary N) is 1. The lowest BCUT2D eigenvalue weighted by molar-refractivity contribution is -0.727. The second-order valence-electron chi connectivity index (χ2n) is 6.70. The van der Waals surface area contributed by atoms with Crippen LogP contribution in [0.1, 0.15) is 41.8 Å². The molecule has 4 aromatic rings. The minimum absolute atomic E-state index is 0.0190. The number of furan rings is 1. The quantitative estimate of drug-likeness (QED) is 0.563. The van der Waals surface area contributed by atoms with Crippen LogP contribution in [0.2, 0.25) is 0 Å². The maximum absolute atomic E-state index is 5.96. The first-order valence-electron chi connectivity index (χ1n) is 9.04. The summed E-state index contributed by atoms with van der Waals surface area (Å²) in [6, 6.07) is 22.2. The van der Waals surface area contributed by atoms with Crippen molar-refractivity contribution in [3.8, 4) is 11.5 Å². The van der Waals surface area contributed by atoms with Gasteiger partial charge >= 0.3 is 0 Å². The third-order valence-corrected chi connectivity index (χ3v) is 4.58. The van der Waals surface area contributed by atoms with Gasteiger partial charge < -0.3 is 14.2 Å². The summed E-state index contributed by atoms with van der Waals surface area (Å²) in [5.74, 6) is 2.04. The number of quaternary nitrogens is 1. The zero-order chi connectivity index (χ0) is 18.6. The lowest BCUT2D eigenvalue weighted by Gasteiger charge is -2.16. The van der Waals surface area contributed by atoms with Gasteiger partial charge in [-0.25, -0.2) is 0 Å². The predicted molar refractivity (Wildman–Crippen MR) is 102 cm³/mol. The summed E-state index contributed by atoms with van der Waals surface area (Å²) in [5.41, 5.74) is 3.26. The van der Waals surface area contributed by atoms with Crippen molar-refractivity contribution in [2.75, 3.05) is 0 Å². The molecule has 5 nitrogen and oxygen atoms in total. The summed E-state index contributed by atoms with van der Waals surface area (Å²) in [6.07, 6.45) is 1.70. The van der Waals surface area contributed by atoms with Crippen LogP contribution in [0.25, 0.3) is 11.5 Å². The normalized spacial score (nSPS) is 13.4. The van der Waals surface area contributed by atoms with Crippen molar-refractivity contribution in [2.24, 2.45) is 0 Å². The molecule has 2 atom stereocenters. The van der Waals surface area contributed by atoms with Crippen molar-refractivity contribution in [3.05, 3.63) is 95.8 Å². The summed E-state index contributed by atoms with van der Waals surface area (Å²) >= 11 is 0. The Hall–Kier alpha value is -3.18. The van der Waals surface area contributed by atoms with Crippen LogP contribution in [-0.2, 0) is 0 Å². The van der Waals surface area contributed by atoms with Crippen LogP contribution in [0.3, 0.4) is 0 Å². The molecule has 0 aliphatic rings. The van der Waals surface area contributed by atoms with Crippen molar-refractivity contribution in [3.63, 3.8) is 0 Å². The number of hydrogen-bond donors (Lipinski definition) is 1. The molecule has 0 saturated heterocycles. The fraction of sp³-hybridized carbons (Fsp3) is 0.182. The Labute approximate surface area is 158 Å². The number of aromatic nitrogens is 2. The molecule has 2 heterocycles. The van der Waals surface area contributed by atoms with Crippen LogP contribution in [0.15, 0.2) is 81.8 Å². The summed E-state index contributed by atoms with van der Waals surface area (Å²) in [7, 11) is 0. The molecule has 27 heavy (non-hydrogen) atoms. The van der Waals surface area contributed by atoms with E-state index >= 15 is 0 Å². The van der Waals surface area contributed by atoms with Gasteiger partial charge in [-0.1, -0.05) is 48.0 Å². The molecule has 2 N–H and O–H groups in total. The number of nitrogens with zero attached hydrogens (tertiary/aromatic N) is 2. The highest BCUT2D eigenvalue weighted by molar-refractivity contribution is 5.53. The molecule has 2 aromatic heterocycles. The average Bonchev–Trinajstić information content (AvgIpc) is 3.39. The van der Waals surface area contributed by atoms with Gasteiger partial charge in [0.05, 0.1) is 6.26 Å². The molecule has 136 valence electrons. The molecule has 0 aliphatic heterocycles. The van der Waals surface area contributed by atoms with E-state index in [0.29, 0.717) is 11.8 Å². The molecule has 0 saturated carbocycles. The largest absolute Gasteiger partial charge is 0.463 e. The highest BCUT2D eigenvalue weighted by atomic mass is 16.4. The SMILES string of the molecule is Cc1cccc(-c2nnc([C@@H](C)[NH2+][C@@H](c3ccccc3)c3ccco3)o2)c1. The monoisotopic (exact) mass is 360 g/mol. The van der Waals surface area contributed by atoms with Crippen molar-refractivity contribution >= 4 is 0 Å². The van der Waals surface area contributed by atoms with E-state index in [2.05, 4.69) is 34.6 Å². The van der Waals surface area contributed by atoms with E-state index in [1.807, 2.05) is 61.5 Å². The number of hydrogen-bond acceptors (Lipinski definition) is 4. The fourth-order valence-corrected chi connectivity index (χ4v) is 3.18. The highest BCUT2D eigenvalue weighted by Crippen LogP contribution is 2.23. The van der Waals surface area contributed by atoms with Crippen LogP contribution in [0.4, 0.5) is 0 Å². The van der Waals surface area contributed by atoms with E-state index in [4.69, 9.17) is 8.83 Å². The van der Waals surface area contributed by atoms with Gasteiger partial charge in [0.2, 0.25) is 5.89 Å². The molecule has 0 spiro atoms. The van der Waals surface area contributed by atoms with Gasteiger partial charge in [-0.3, -0.25) is 0 Å². The summed E-state index contributed by atoms with van der Waals surface area (Å²) in [4.78, 5) is 0. The average molecular weight is 360 g/mol. The van der Waals surface area contributed by atoms with Gasteiger partial charge in [0.1, 0.15) is 0 Å². The number of aryl methyl sites for hydroxylation is 1. The van der Waals surface area contributed by atoms with Gasteiger partial charge in [0.25, 0.3) is 5.89 Å². The molecule has 2 aromatic carbocycles. The lowest BCUT2D eigenvalue weighted by Crippen LogP contribution is -2.85. The molecule has 0 unspecified atom stereocenters. The van der Waals surface area contributed by atoms with E-state index in [1.165, 1.54) is 0 Å². The Kier molecular flexibility index (Phi) is 4.85. The minimum atomic E-state index is -0.0219. The number of benzene rings is 2. The fourth-order valence-electron chi connectivity index (χ4n) is 3.18. The lowest BCUT2D eigenvalue weighted by atomic mass is 10.0. The van der Waals surface area contributed by atoms with Gasteiger partial charge in [0, 0.05) is 11.1 Å². The van der Waals surface area contributed by atoms with E-state index < -0.39 is 0 Å². The molecule has 5 heteroatoms. The smallest absolute Gasteiger partial charge is 0.274 e. The molecular formula is C22H22N3O2+. The zero-order valence-electron chi connectivity index (χ0n) is 15.4. The predicted octanol–water partition coefficient (Wildman–Crippen LogP) is 4.05. The zero-order valence-corrected chi connectivity index (χ0v) is 15.4. The second kappa shape index (κ2) is 7.60. The van der Waals surface area contributed by atoms with Crippen molar-refractivity contribution in [1.82, 2.24) is 10.2 Å². The summed E-state index contributed by atoms with van der Waals surface area (Å²) in [6.45, 7) is 4.11. The first kappa shape index (κ1) is 17.2. The molecule has 0 amide bonds. The third kappa shape index (κ3) is 3.83. The summed E-state index contributed by atoms with van der Waals surface area (Å²) < 4.78 is 11.6. The van der Waals surface area contributed by atoms with Crippen molar-refractivity contribution < 1.29 is 14.2 Å². The Morgan fingerprint density at radius 2 is 1.78 bits per heavy atom. The molecular weight excluding hydrogens is 338 g/mol. The molecule has 4 rings (SSSR count). The highest BCUT2D eigenvalue weighted by Gasteiger charge is 2.26. The van der Waals surface area contributed by atoms with E-state index in [1.54, 1.807) is 6.26 Å². The summed E-state index contributed by atoms with van der Waals surface area (Å²) in [5, 5.41) is 10.7. The van der Waals surface area contributed by atoms with Crippen LogP contribution in [-0.4, -0.2) is 10.2 Å². The topological polar surface area (TPSA) is 68.7 Å². The molecule has 0 fully saturated rings. The van der Waals surface area contributed by atoms with E-state index in [-0.39, 0.29) is 12.1 Å². The van der Waals surface area contributed by atoms with Crippen LogP contribution >= 0.6 is 0 Å². The maximum atomic E-state index is 5.96. The molecule has 0 bridgehead atoms. The second-order valence-corrected chi connectivity index (χ2v) is 6.70. The van der Waals surface area contributed by atoms with Crippen LogP contribution in [0.5, 0.6) is 0 Å². The third-order valence-electron chi connectivity index (χ3n) is 4.58. The maximum Gasteiger partial charge on any atom is 0.274 e. The Morgan fingerprint density at radius 1 is 0.926 bits per heavy atom. The van der Waals surface area contributed by atoms with Gasteiger partial charge in [-0.15, -0.1) is 10.2 Å². The van der Waals surface area contributed by atoms with Crippen LogP contribution < -0.4 is 5.32 Å². The molecule has 0 aliphatic carbocycles. The first-order valence-corrected chi connectivity index (χ1v) is 9.04. The van der Waals surface area contributed by atoms with Gasteiger partial charge in [0.15, 0.2) is 17.8 Å². The first-order chi connectivity index (χ1) is 13.2. The van der Waals surface area contributed by atoms with Crippen molar-refractivity contribution in [1.29, 1.82) is 0 Å². The molecule has 0 radical (unpaired) electrons. The minimum Gasteiger partial charge on any atom is -0.463 e. The Morgan fingerprint density at radius 3 is 2.52 bits per heavy atom. The van der Waals surface area contributed by atoms with E-state index in [9.17, 15) is 0 Å². The Balaban J connectivity index is 1.58.